The topological polar surface area (TPSA) is 22.1 Å². The lowest BCUT2D eigenvalue weighted by Gasteiger charge is -2.10. The molecule has 4 aromatic rings. The minimum absolute atomic E-state index is 0. The van der Waals surface area contributed by atoms with Crippen LogP contribution in [0.25, 0.3) is 22.0 Å². The number of hydrogen-bond acceptors (Lipinski definition) is 2. The first-order valence-corrected chi connectivity index (χ1v) is 7.99. The molecule has 3 aromatic carbocycles. The van der Waals surface area contributed by atoms with Crippen LogP contribution in [0.1, 0.15) is 5.69 Å². The third kappa shape index (κ3) is 3.74. The minimum atomic E-state index is 0. The molecule has 0 saturated carbocycles. The quantitative estimate of drug-likeness (QED) is 0.452. The number of para-hydroxylation sites is 1. The van der Waals surface area contributed by atoms with Gasteiger partial charge in [0.1, 0.15) is 11.5 Å². The molecular weight excluding hydrogens is 321 g/mol. The van der Waals surface area contributed by atoms with Crippen LogP contribution in [-0.4, -0.2) is 22.3 Å². The minimum Gasteiger partial charge on any atom is -0.457 e. The molecule has 0 fully saturated rings. The average molecular weight is 338 g/mol. The molecule has 0 atom stereocenters. The van der Waals surface area contributed by atoms with Crippen LogP contribution >= 0.6 is 0 Å². The van der Waals surface area contributed by atoms with Gasteiger partial charge in [-0.2, -0.15) is 0 Å². The van der Waals surface area contributed by atoms with Crippen LogP contribution in [0.15, 0.2) is 84.9 Å². The number of benzene rings is 3. The van der Waals surface area contributed by atoms with Crippen LogP contribution in [0, 0.1) is 6.92 Å². The Balaban J connectivity index is 0.00000182. The van der Waals surface area contributed by atoms with Crippen LogP contribution in [0.4, 0.5) is 0 Å². The standard InChI is InChI=1S/C22H17NO.Al/c1-16-15-22(20-9-5-6-10-21(20)23-16)24-19-13-11-18(12-14-19)17-7-3-2-4-8-17;/h2-15H,1H3;. The van der Waals surface area contributed by atoms with Gasteiger partial charge < -0.3 is 4.74 Å². The van der Waals surface area contributed by atoms with Gasteiger partial charge >= 0.3 is 0 Å². The summed E-state index contributed by atoms with van der Waals surface area (Å²) in [7, 11) is 0. The van der Waals surface area contributed by atoms with E-state index in [1.807, 2.05) is 67.6 Å². The number of rotatable bonds is 3. The lowest BCUT2D eigenvalue weighted by Crippen LogP contribution is -1.90. The van der Waals surface area contributed by atoms with E-state index in [1.54, 1.807) is 0 Å². The molecule has 0 aliphatic heterocycles. The number of ether oxygens (including phenoxy) is 1. The maximum atomic E-state index is 6.12. The van der Waals surface area contributed by atoms with Crippen molar-refractivity contribution in [1.82, 2.24) is 4.98 Å². The van der Waals surface area contributed by atoms with Crippen LogP contribution in [0.2, 0.25) is 0 Å². The van der Waals surface area contributed by atoms with Gasteiger partial charge in [0, 0.05) is 34.5 Å². The lowest BCUT2D eigenvalue weighted by atomic mass is 10.1. The zero-order chi connectivity index (χ0) is 16.4. The molecular formula is C22H17AlNO. The Morgan fingerprint density at radius 2 is 1.36 bits per heavy atom. The first-order chi connectivity index (χ1) is 11.8. The van der Waals surface area contributed by atoms with Crippen molar-refractivity contribution in [3.8, 4) is 22.6 Å². The molecule has 0 bridgehead atoms. The summed E-state index contributed by atoms with van der Waals surface area (Å²) in [6.45, 7) is 1.98. The second-order valence-electron chi connectivity index (χ2n) is 5.77. The molecule has 0 spiro atoms. The highest BCUT2D eigenvalue weighted by Crippen LogP contribution is 2.31. The molecule has 0 aliphatic carbocycles. The summed E-state index contributed by atoms with van der Waals surface area (Å²) in [5, 5.41) is 1.02. The highest BCUT2D eigenvalue weighted by molar-refractivity contribution is 5.85. The van der Waals surface area contributed by atoms with E-state index in [-0.39, 0.29) is 17.4 Å². The van der Waals surface area contributed by atoms with E-state index in [0.717, 1.165) is 28.1 Å². The lowest BCUT2D eigenvalue weighted by molar-refractivity contribution is 0.487. The van der Waals surface area contributed by atoms with E-state index < -0.39 is 0 Å². The van der Waals surface area contributed by atoms with Crippen molar-refractivity contribution in [2.45, 2.75) is 6.92 Å². The fourth-order valence-electron chi connectivity index (χ4n) is 2.83. The van der Waals surface area contributed by atoms with E-state index in [1.165, 1.54) is 11.1 Å². The Bertz CT molecular complexity index is 982. The van der Waals surface area contributed by atoms with Gasteiger partial charge in [0.2, 0.25) is 0 Å². The zero-order valence-electron chi connectivity index (χ0n) is 14.0. The summed E-state index contributed by atoms with van der Waals surface area (Å²) >= 11 is 0. The Morgan fingerprint density at radius 1 is 0.720 bits per heavy atom. The molecule has 0 unspecified atom stereocenters. The van der Waals surface area contributed by atoms with Crippen molar-refractivity contribution >= 4 is 28.3 Å². The van der Waals surface area contributed by atoms with Crippen molar-refractivity contribution in [2.75, 3.05) is 0 Å². The average Bonchev–Trinajstić information content (AvgIpc) is 2.63. The number of nitrogens with zero attached hydrogens (tertiary/aromatic N) is 1. The number of aromatic nitrogens is 1. The third-order valence-electron chi connectivity index (χ3n) is 4.00. The van der Waals surface area contributed by atoms with Gasteiger partial charge in [0.15, 0.2) is 0 Å². The summed E-state index contributed by atoms with van der Waals surface area (Å²) in [5.74, 6) is 1.66. The van der Waals surface area contributed by atoms with E-state index in [4.69, 9.17) is 4.74 Å². The third-order valence-corrected chi connectivity index (χ3v) is 4.00. The molecule has 0 saturated heterocycles. The summed E-state index contributed by atoms with van der Waals surface area (Å²) in [5.41, 5.74) is 4.28. The molecule has 4 rings (SSSR count). The van der Waals surface area contributed by atoms with Gasteiger partial charge in [-0.05, 0) is 42.3 Å². The fraction of sp³-hybridized carbons (Fsp3) is 0.0455. The normalized spacial score (nSPS) is 10.3. The molecule has 25 heavy (non-hydrogen) atoms. The van der Waals surface area contributed by atoms with Crippen LogP contribution in [-0.2, 0) is 0 Å². The van der Waals surface area contributed by atoms with E-state index in [2.05, 4.69) is 29.2 Å². The summed E-state index contributed by atoms with van der Waals surface area (Å²) in [6.07, 6.45) is 0. The molecule has 1 aromatic heterocycles. The molecule has 2 nitrogen and oxygen atoms in total. The molecule has 3 heteroatoms. The summed E-state index contributed by atoms with van der Waals surface area (Å²) in [4.78, 5) is 4.55. The molecule has 3 radical (unpaired) electrons. The molecule has 1 heterocycles. The van der Waals surface area contributed by atoms with Crippen molar-refractivity contribution in [3.63, 3.8) is 0 Å². The van der Waals surface area contributed by atoms with E-state index >= 15 is 0 Å². The summed E-state index contributed by atoms with van der Waals surface area (Å²) in [6, 6.07) is 28.5. The van der Waals surface area contributed by atoms with Crippen molar-refractivity contribution in [2.24, 2.45) is 0 Å². The largest absolute Gasteiger partial charge is 0.457 e. The molecule has 119 valence electrons. The highest BCUT2D eigenvalue weighted by atomic mass is 27.0. The smallest absolute Gasteiger partial charge is 0.138 e. The predicted molar refractivity (Wildman–Crippen MR) is 104 cm³/mol. The van der Waals surface area contributed by atoms with Gasteiger partial charge in [-0.3, -0.25) is 4.98 Å². The number of aryl methyl sites for hydroxylation is 1. The van der Waals surface area contributed by atoms with E-state index in [9.17, 15) is 0 Å². The molecule has 0 N–H and O–H groups in total. The van der Waals surface area contributed by atoms with Gasteiger partial charge in [-0.15, -0.1) is 0 Å². The van der Waals surface area contributed by atoms with Crippen molar-refractivity contribution < 1.29 is 4.74 Å². The zero-order valence-corrected chi connectivity index (χ0v) is 15.2. The van der Waals surface area contributed by atoms with Gasteiger partial charge in [-0.1, -0.05) is 54.6 Å². The van der Waals surface area contributed by atoms with Crippen molar-refractivity contribution in [1.29, 1.82) is 0 Å². The Labute approximate surface area is 158 Å². The number of fused-ring (bicyclic) bond motifs is 1. The first kappa shape index (κ1) is 17.2. The summed E-state index contributed by atoms with van der Waals surface area (Å²) < 4.78 is 6.12. The number of hydrogen-bond donors (Lipinski definition) is 0. The second kappa shape index (κ2) is 7.53. The highest BCUT2D eigenvalue weighted by Gasteiger charge is 2.06. The van der Waals surface area contributed by atoms with Gasteiger partial charge in [0.25, 0.3) is 0 Å². The fourth-order valence-corrected chi connectivity index (χ4v) is 2.83. The van der Waals surface area contributed by atoms with Gasteiger partial charge in [-0.25, -0.2) is 0 Å². The van der Waals surface area contributed by atoms with Crippen molar-refractivity contribution in [3.05, 3.63) is 90.6 Å². The van der Waals surface area contributed by atoms with Gasteiger partial charge in [0.05, 0.1) is 5.52 Å². The maximum Gasteiger partial charge on any atom is 0.138 e. The molecule has 0 aliphatic rings. The second-order valence-corrected chi connectivity index (χ2v) is 5.77. The maximum absolute atomic E-state index is 6.12. The first-order valence-electron chi connectivity index (χ1n) is 7.99. The SMILES string of the molecule is Cc1cc(Oc2ccc(-c3ccccc3)cc2)c2ccccc2n1.[Al]. The predicted octanol–water partition coefficient (Wildman–Crippen LogP) is 5.62. The monoisotopic (exact) mass is 338 g/mol. The Morgan fingerprint density at radius 3 is 2.12 bits per heavy atom. The molecule has 0 amide bonds. The van der Waals surface area contributed by atoms with E-state index in [0.29, 0.717) is 0 Å². The van der Waals surface area contributed by atoms with Crippen LogP contribution < -0.4 is 4.74 Å². The van der Waals surface area contributed by atoms with Crippen LogP contribution in [0.5, 0.6) is 11.5 Å². The Kier molecular flexibility index (Phi) is 5.19. The van der Waals surface area contributed by atoms with Crippen LogP contribution in [0.3, 0.4) is 0 Å². The number of pyridine rings is 1. The Hall–Kier alpha value is -2.60.